The first-order valence-electron chi connectivity index (χ1n) is 4.09. The Bertz CT molecular complexity index is 333. The molecule has 14 heavy (non-hydrogen) atoms. The number of carboxylic acids is 1. The van der Waals surface area contributed by atoms with Gasteiger partial charge < -0.3 is 14.6 Å². The van der Waals surface area contributed by atoms with Gasteiger partial charge in [-0.1, -0.05) is 12.1 Å². The maximum atomic E-state index is 10.2. The van der Waals surface area contributed by atoms with Crippen LogP contribution in [-0.2, 0) is 16.0 Å². The smallest absolute Gasteiger partial charge is 0.341 e. The normalized spacial score (nSPS) is 9.43. The average Bonchev–Trinajstić information content (AvgIpc) is 2.16. The molecule has 0 spiro atoms. The topological polar surface area (TPSA) is 63.6 Å². The predicted octanol–water partition coefficient (Wildman–Crippen LogP) is 0.891. The molecule has 0 aliphatic carbocycles. The fourth-order valence-corrected chi connectivity index (χ4v) is 1.00. The summed E-state index contributed by atoms with van der Waals surface area (Å²) in [6.45, 7) is -0.370. The molecule has 74 valence electrons. The lowest BCUT2D eigenvalue weighted by atomic mass is 10.2. The van der Waals surface area contributed by atoms with Crippen LogP contribution in [0.25, 0.3) is 0 Å². The highest BCUT2D eigenvalue weighted by Crippen LogP contribution is 2.12. The molecule has 1 aromatic rings. The number of ether oxygens (including phenoxy) is 1. The second-order valence-electron chi connectivity index (χ2n) is 2.70. The van der Waals surface area contributed by atoms with Crippen LogP contribution in [0.5, 0.6) is 5.75 Å². The van der Waals surface area contributed by atoms with Crippen molar-refractivity contribution in [2.24, 2.45) is 0 Å². The Balaban J connectivity index is 2.63. The molecule has 0 aliphatic rings. The van der Waals surface area contributed by atoms with Crippen LogP contribution in [0.2, 0.25) is 0 Å². The van der Waals surface area contributed by atoms with E-state index >= 15 is 0 Å². The van der Waals surface area contributed by atoms with Crippen LogP contribution < -0.4 is 4.74 Å². The van der Waals surface area contributed by atoms with Crippen LogP contribution >= 0.6 is 0 Å². The molecule has 1 N–H and O–H groups in total. The van der Waals surface area contributed by atoms with Crippen LogP contribution in [0.15, 0.2) is 24.3 Å². The third kappa shape index (κ3) is 3.26. The predicted molar refractivity (Wildman–Crippen MR) is 49.3 cm³/mol. The van der Waals surface area contributed by atoms with Gasteiger partial charge in [-0.2, -0.15) is 0 Å². The van der Waals surface area contributed by atoms with E-state index in [1.54, 1.807) is 24.3 Å². The van der Waals surface area contributed by atoms with Crippen molar-refractivity contribution in [1.29, 1.82) is 0 Å². The zero-order valence-electron chi connectivity index (χ0n) is 7.47. The number of rotatable bonds is 5. The Morgan fingerprint density at radius 2 is 2.29 bits per heavy atom. The summed E-state index contributed by atoms with van der Waals surface area (Å²) in [5, 5.41) is 8.37. The van der Waals surface area contributed by atoms with E-state index in [4.69, 9.17) is 9.84 Å². The number of carbonyl (C=O) groups excluding carboxylic acids is 1. The fourth-order valence-electron chi connectivity index (χ4n) is 1.00. The van der Waals surface area contributed by atoms with Crippen molar-refractivity contribution in [3.63, 3.8) is 0 Å². The number of aliphatic carboxylic acids is 1. The lowest BCUT2D eigenvalue weighted by Gasteiger charge is -2.03. The van der Waals surface area contributed by atoms with Gasteiger partial charge in [0.05, 0.1) is 0 Å². The van der Waals surface area contributed by atoms with Crippen LogP contribution in [0, 0.1) is 0 Å². The second kappa shape index (κ2) is 5.01. The Morgan fingerprint density at radius 1 is 1.50 bits per heavy atom. The number of hydrogen-bond donors (Lipinski definition) is 1. The van der Waals surface area contributed by atoms with Crippen molar-refractivity contribution in [3.8, 4) is 5.75 Å². The Labute approximate surface area is 81.1 Å². The summed E-state index contributed by atoms with van der Waals surface area (Å²) >= 11 is 0. The van der Waals surface area contributed by atoms with Gasteiger partial charge >= 0.3 is 5.97 Å². The molecule has 0 atom stereocenters. The summed E-state index contributed by atoms with van der Waals surface area (Å²) < 4.78 is 4.94. The number of aldehydes is 1. The van der Waals surface area contributed by atoms with E-state index in [1.165, 1.54) is 0 Å². The highest BCUT2D eigenvalue weighted by molar-refractivity contribution is 5.68. The van der Waals surface area contributed by atoms with E-state index in [0.717, 1.165) is 11.8 Å². The average molecular weight is 194 g/mol. The Morgan fingerprint density at radius 3 is 2.93 bits per heavy atom. The minimum Gasteiger partial charge on any atom is -0.482 e. The summed E-state index contributed by atoms with van der Waals surface area (Å²) in [6.07, 6.45) is 1.10. The lowest BCUT2D eigenvalue weighted by molar-refractivity contribution is -0.139. The maximum Gasteiger partial charge on any atom is 0.341 e. The van der Waals surface area contributed by atoms with E-state index in [1.807, 2.05) is 0 Å². The molecular formula is C10H10O4. The molecule has 0 aromatic heterocycles. The van der Waals surface area contributed by atoms with Crippen LogP contribution in [0.1, 0.15) is 5.56 Å². The highest BCUT2D eigenvalue weighted by Gasteiger charge is 1.99. The Kier molecular flexibility index (Phi) is 3.67. The van der Waals surface area contributed by atoms with E-state index in [-0.39, 0.29) is 6.61 Å². The molecule has 0 saturated carbocycles. The molecule has 0 heterocycles. The van der Waals surface area contributed by atoms with Crippen molar-refractivity contribution in [1.82, 2.24) is 0 Å². The minimum absolute atomic E-state index is 0.310. The second-order valence-corrected chi connectivity index (χ2v) is 2.70. The summed E-state index contributed by atoms with van der Waals surface area (Å²) in [6, 6.07) is 6.80. The SMILES string of the molecule is O=CCc1cccc(OCC(=O)O)c1. The van der Waals surface area contributed by atoms with Gasteiger partial charge in [-0.3, -0.25) is 0 Å². The van der Waals surface area contributed by atoms with Gasteiger partial charge in [0.2, 0.25) is 0 Å². The molecule has 0 aliphatic heterocycles. The molecule has 0 amide bonds. The molecule has 0 unspecified atom stereocenters. The number of benzene rings is 1. The van der Waals surface area contributed by atoms with Crippen molar-refractivity contribution in [3.05, 3.63) is 29.8 Å². The minimum atomic E-state index is -1.02. The molecule has 0 bridgehead atoms. The standard InChI is InChI=1S/C10H10O4/c11-5-4-8-2-1-3-9(6-8)14-7-10(12)13/h1-3,5-6H,4,7H2,(H,12,13). The lowest BCUT2D eigenvalue weighted by Crippen LogP contribution is -2.09. The fraction of sp³-hybridized carbons (Fsp3) is 0.200. The molecule has 1 aromatic carbocycles. The largest absolute Gasteiger partial charge is 0.482 e. The Hall–Kier alpha value is -1.84. The third-order valence-electron chi connectivity index (χ3n) is 1.58. The van der Waals surface area contributed by atoms with Crippen LogP contribution in [0.3, 0.4) is 0 Å². The molecule has 4 nitrogen and oxygen atoms in total. The van der Waals surface area contributed by atoms with Crippen molar-refractivity contribution < 1.29 is 19.4 Å². The first-order chi connectivity index (χ1) is 6.72. The molecule has 4 heteroatoms. The van der Waals surface area contributed by atoms with Gasteiger partial charge in [-0.05, 0) is 17.7 Å². The van der Waals surface area contributed by atoms with Crippen molar-refractivity contribution >= 4 is 12.3 Å². The summed E-state index contributed by atoms with van der Waals surface area (Å²) in [4.78, 5) is 20.4. The van der Waals surface area contributed by atoms with Gasteiger partial charge in [-0.15, -0.1) is 0 Å². The zero-order chi connectivity index (χ0) is 10.4. The van der Waals surface area contributed by atoms with Gasteiger partial charge in [0.25, 0.3) is 0 Å². The monoisotopic (exact) mass is 194 g/mol. The maximum absolute atomic E-state index is 10.2. The summed E-state index contributed by atoms with van der Waals surface area (Å²) in [7, 11) is 0. The third-order valence-corrected chi connectivity index (χ3v) is 1.58. The zero-order valence-corrected chi connectivity index (χ0v) is 7.47. The van der Waals surface area contributed by atoms with E-state index in [0.29, 0.717) is 12.2 Å². The molecule has 1 rings (SSSR count). The van der Waals surface area contributed by atoms with Gasteiger partial charge in [0.15, 0.2) is 6.61 Å². The van der Waals surface area contributed by atoms with E-state index in [2.05, 4.69) is 0 Å². The molecular weight excluding hydrogens is 184 g/mol. The number of carbonyl (C=O) groups is 2. The van der Waals surface area contributed by atoms with Gasteiger partial charge in [0.1, 0.15) is 12.0 Å². The molecule has 0 fully saturated rings. The number of carboxylic acid groups (broad SMARTS) is 1. The van der Waals surface area contributed by atoms with Gasteiger partial charge in [0, 0.05) is 6.42 Å². The van der Waals surface area contributed by atoms with Crippen molar-refractivity contribution in [2.45, 2.75) is 6.42 Å². The van der Waals surface area contributed by atoms with E-state index in [9.17, 15) is 9.59 Å². The van der Waals surface area contributed by atoms with Crippen LogP contribution in [-0.4, -0.2) is 24.0 Å². The quantitative estimate of drug-likeness (QED) is 0.707. The summed E-state index contributed by atoms with van der Waals surface area (Å²) in [5.74, 6) is -0.558. The van der Waals surface area contributed by atoms with E-state index < -0.39 is 5.97 Å². The first kappa shape index (κ1) is 10.2. The highest BCUT2D eigenvalue weighted by atomic mass is 16.5. The van der Waals surface area contributed by atoms with Crippen molar-refractivity contribution in [2.75, 3.05) is 6.61 Å². The van der Waals surface area contributed by atoms with Crippen LogP contribution in [0.4, 0.5) is 0 Å². The summed E-state index contributed by atoms with van der Waals surface area (Å²) in [5.41, 5.74) is 0.808. The number of hydrogen-bond acceptors (Lipinski definition) is 3. The first-order valence-corrected chi connectivity index (χ1v) is 4.09. The molecule has 0 saturated heterocycles. The van der Waals surface area contributed by atoms with Gasteiger partial charge in [-0.25, -0.2) is 4.79 Å². The molecule has 0 radical (unpaired) electrons.